The lowest BCUT2D eigenvalue weighted by Gasteiger charge is -2.10. The third-order valence-electron chi connectivity index (χ3n) is 3.06. The first-order valence-electron chi connectivity index (χ1n) is 4.90. The summed E-state index contributed by atoms with van der Waals surface area (Å²) >= 11 is 0. The van der Waals surface area contributed by atoms with E-state index in [1.165, 1.54) is 0 Å². The van der Waals surface area contributed by atoms with Crippen LogP contribution in [0.2, 0.25) is 0 Å². The Morgan fingerprint density at radius 3 is 2.62 bits per heavy atom. The molecule has 0 aromatic carbocycles. The van der Waals surface area contributed by atoms with Crippen molar-refractivity contribution in [2.24, 2.45) is 17.6 Å². The van der Waals surface area contributed by atoms with Gasteiger partial charge in [0.1, 0.15) is 11.5 Å². The zero-order chi connectivity index (χ0) is 9.64. The highest BCUT2D eigenvalue weighted by molar-refractivity contribution is 5.25. The van der Waals surface area contributed by atoms with Crippen LogP contribution in [0, 0.1) is 18.8 Å². The molecule has 2 unspecified atom stereocenters. The number of hydrogen-bond donors (Lipinski definition) is 1. The molecule has 0 bridgehead atoms. The highest BCUT2D eigenvalue weighted by Gasteiger charge is 2.55. The number of hydrogen-bond acceptors (Lipinski definition) is 2. The fraction of sp³-hybridized carbons (Fsp3) is 0.636. The van der Waals surface area contributed by atoms with Gasteiger partial charge in [-0.25, -0.2) is 0 Å². The molecule has 13 heavy (non-hydrogen) atoms. The molecule has 0 aliphatic heterocycles. The van der Waals surface area contributed by atoms with Gasteiger partial charge in [-0.05, 0) is 37.3 Å². The molecular formula is C11H17NO. The average molecular weight is 179 g/mol. The zero-order valence-corrected chi connectivity index (χ0v) is 8.50. The van der Waals surface area contributed by atoms with Crippen LogP contribution in [0.1, 0.15) is 31.8 Å². The van der Waals surface area contributed by atoms with Crippen LogP contribution in [0.4, 0.5) is 0 Å². The van der Waals surface area contributed by atoms with Crippen molar-refractivity contribution in [1.82, 2.24) is 0 Å². The van der Waals surface area contributed by atoms with E-state index in [1.54, 1.807) is 0 Å². The van der Waals surface area contributed by atoms with Gasteiger partial charge in [-0.1, -0.05) is 13.8 Å². The van der Waals surface area contributed by atoms with E-state index in [-0.39, 0.29) is 5.54 Å². The second-order valence-electron chi connectivity index (χ2n) is 4.51. The molecule has 2 N–H and O–H groups in total. The Labute approximate surface area is 79.1 Å². The maximum atomic E-state index is 6.23. The monoisotopic (exact) mass is 179 g/mol. The first-order chi connectivity index (χ1) is 6.04. The van der Waals surface area contributed by atoms with Crippen LogP contribution in [0.3, 0.4) is 0 Å². The Balaban J connectivity index is 2.20. The minimum atomic E-state index is -0.164. The summed E-state index contributed by atoms with van der Waals surface area (Å²) in [5.41, 5.74) is 6.07. The second-order valence-corrected chi connectivity index (χ2v) is 4.51. The largest absolute Gasteiger partial charge is 0.464 e. The van der Waals surface area contributed by atoms with Crippen molar-refractivity contribution >= 4 is 0 Å². The lowest BCUT2D eigenvalue weighted by molar-refractivity contribution is 0.393. The highest BCUT2D eigenvalue weighted by atomic mass is 16.3. The molecule has 2 nitrogen and oxygen atoms in total. The summed E-state index contributed by atoms with van der Waals surface area (Å²) < 4.78 is 5.57. The normalized spacial score (nSPS) is 32.5. The molecule has 0 spiro atoms. The first kappa shape index (κ1) is 8.82. The molecule has 2 rings (SSSR count). The van der Waals surface area contributed by atoms with Crippen molar-refractivity contribution in [3.05, 3.63) is 23.7 Å². The summed E-state index contributed by atoms with van der Waals surface area (Å²) in [4.78, 5) is 0. The van der Waals surface area contributed by atoms with Crippen LogP contribution in [-0.4, -0.2) is 0 Å². The smallest absolute Gasteiger partial charge is 0.124 e. The minimum Gasteiger partial charge on any atom is -0.464 e. The molecule has 0 radical (unpaired) electrons. The van der Waals surface area contributed by atoms with Crippen LogP contribution in [0.25, 0.3) is 0 Å². The van der Waals surface area contributed by atoms with E-state index < -0.39 is 0 Å². The first-order valence-corrected chi connectivity index (χ1v) is 4.90. The van der Waals surface area contributed by atoms with Crippen molar-refractivity contribution < 1.29 is 4.42 Å². The van der Waals surface area contributed by atoms with Gasteiger partial charge in [0.2, 0.25) is 0 Å². The Kier molecular flexibility index (Phi) is 1.77. The Bertz CT molecular complexity index is 316. The summed E-state index contributed by atoms with van der Waals surface area (Å²) in [6, 6.07) is 4.00. The SMILES string of the molecule is Cc1ccc(C2(N)CC2C(C)C)o1. The van der Waals surface area contributed by atoms with E-state index in [0.717, 1.165) is 17.9 Å². The molecule has 0 saturated heterocycles. The van der Waals surface area contributed by atoms with E-state index in [1.807, 2.05) is 19.1 Å². The van der Waals surface area contributed by atoms with Gasteiger partial charge in [-0.2, -0.15) is 0 Å². The van der Waals surface area contributed by atoms with Crippen molar-refractivity contribution in [2.45, 2.75) is 32.7 Å². The number of furan rings is 1. The predicted molar refractivity (Wildman–Crippen MR) is 52.3 cm³/mol. The van der Waals surface area contributed by atoms with Gasteiger partial charge in [-0.3, -0.25) is 0 Å². The van der Waals surface area contributed by atoms with Gasteiger partial charge in [0, 0.05) is 0 Å². The molecule has 2 atom stereocenters. The summed E-state index contributed by atoms with van der Waals surface area (Å²) in [6.45, 7) is 6.39. The fourth-order valence-electron chi connectivity index (χ4n) is 2.10. The van der Waals surface area contributed by atoms with Gasteiger partial charge >= 0.3 is 0 Å². The average Bonchev–Trinajstić information content (AvgIpc) is 2.54. The van der Waals surface area contributed by atoms with Gasteiger partial charge in [0.25, 0.3) is 0 Å². The van der Waals surface area contributed by atoms with Crippen LogP contribution < -0.4 is 5.73 Å². The van der Waals surface area contributed by atoms with Crippen molar-refractivity contribution in [1.29, 1.82) is 0 Å². The fourth-order valence-corrected chi connectivity index (χ4v) is 2.10. The van der Waals surface area contributed by atoms with Crippen molar-refractivity contribution in [3.63, 3.8) is 0 Å². The summed E-state index contributed by atoms with van der Waals surface area (Å²) in [6.07, 6.45) is 1.07. The van der Waals surface area contributed by atoms with E-state index >= 15 is 0 Å². The topological polar surface area (TPSA) is 39.2 Å². The van der Waals surface area contributed by atoms with E-state index in [4.69, 9.17) is 10.2 Å². The molecule has 0 amide bonds. The molecule has 1 aliphatic carbocycles. The maximum absolute atomic E-state index is 6.23. The quantitative estimate of drug-likeness (QED) is 0.757. The number of rotatable bonds is 2. The van der Waals surface area contributed by atoms with Gasteiger partial charge in [0.15, 0.2) is 0 Å². The second kappa shape index (κ2) is 2.61. The highest BCUT2D eigenvalue weighted by Crippen LogP contribution is 2.53. The van der Waals surface area contributed by atoms with Gasteiger partial charge in [0.05, 0.1) is 5.54 Å². The molecule has 1 aromatic heterocycles. The maximum Gasteiger partial charge on any atom is 0.124 e. The lowest BCUT2D eigenvalue weighted by Crippen LogP contribution is -2.23. The third kappa shape index (κ3) is 1.29. The van der Waals surface area contributed by atoms with Gasteiger partial charge in [-0.15, -0.1) is 0 Å². The third-order valence-corrected chi connectivity index (χ3v) is 3.06. The molecule has 1 heterocycles. The van der Waals surface area contributed by atoms with E-state index in [9.17, 15) is 0 Å². The predicted octanol–water partition coefficient (Wildman–Crippen LogP) is 2.42. The van der Waals surface area contributed by atoms with Crippen LogP contribution >= 0.6 is 0 Å². The number of aryl methyl sites for hydroxylation is 1. The van der Waals surface area contributed by atoms with Gasteiger partial charge < -0.3 is 10.2 Å². The molecule has 1 aliphatic rings. The molecule has 2 heteroatoms. The Morgan fingerprint density at radius 1 is 1.54 bits per heavy atom. The van der Waals surface area contributed by atoms with E-state index in [0.29, 0.717) is 11.8 Å². The molecule has 1 aromatic rings. The Morgan fingerprint density at radius 2 is 2.23 bits per heavy atom. The molecule has 1 saturated carbocycles. The molecule has 1 fully saturated rings. The van der Waals surface area contributed by atoms with Crippen LogP contribution in [-0.2, 0) is 5.54 Å². The van der Waals surface area contributed by atoms with Crippen molar-refractivity contribution in [2.75, 3.05) is 0 Å². The standard InChI is InChI=1S/C11H17NO/c1-7(2)9-6-11(9,12)10-5-4-8(3)13-10/h4-5,7,9H,6,12H2,1-3H3. The summed E-state index contributed by atoms with van der Waals surface area (Å²) in [5, 5.41) is 0. The zero-order valence-electron chi connectivity index (χ0n) is 8.50. The summed E-state index contributed by atoms with van der Waals surface area (Å²) in [5.74, 6) is 3.16. The minimum absolute atomic E-state index is 0.164. The number of nitrogens with two attached hydrogens (primary N) is 1. The Hall–Kier alpha value is -0.760. The van der Waals surface area contributed by atoms with E-state index in [2.05, 4.69) is 13.8 Å². The molecule has 72 valence electrons. The lowest BCUT2D eigenvalue weighted by atomic mass is 10.0. The molecular weight excluding hydrogens is 162 g/mol. The van der Waals surface area contributed by atoms with Crippen LogP contribution in [0.5, 0.6) is 0 Å². The van der Waals surface area contributed by atoms with Crippen LogP contribution in [0.15, 0.2) is 16.5 Å². The summed E-state index contributed by atoms with van der Waals surface area (Å²) in [7, 11) is 0. The van der Waals surface area contributed by atoms with Crippen molar-refractivity contribution in [3.8, 4) is 0 Å².